The lowest BCUT2D eigenvalue weighted by Crippen LogP contribution is -2.41. The number of methoxy groups -OCH3 is 1. The van der Waals surface area contributed by atoms with Crippen LogP contribution in [0.1, 0.15) is 48.8 Å². The zero-order chi connectivity index (χ0) is 30.6. The molecule has 5 rings (SSSR count). The number of amides is 1. The number of benzene rings is 3. The zero-order valence-electron chi connectivity index (χ0n) is 26.1. The van der Waals surface area contributed by atoms with Gasteiger partial charge in [0.1, 0.15) is 11.5 Å². The molecular formula is C36H47N3O5. The summed E-state index contributed by atoms with van der Waals surface area (Å²) in [6.07, 6.45) is 3.03. The van der Waals surface area contributed by atoms with Crippen molar-refractivity contribution in [3.05, 3.63) is 89.5 Å². The van der Waals surface area contributed by atoms with E-state index in [1.807, 2.05) is 24.3 Å². The summed E-state index contributed by atoms with van der Waals surface area (Å²) in [6, 6.07) is 25.0. The van der Waals surface area contributed by atoms with Gasteiger partial charge in [-0.05, 0) is 55.1 Å². The third-order valence-corrected chi connectivity index (χ3v) is 8.60. The molecule has 8 nitrogen and oxygen atoms in total. The number of piperidine rings is 1. The summed E-state index contributed by atoms with van der Waals surface area (Å²) in [5.74, 6) is 2.57. The molecule has 0 saturated carbocycles. The minimum atomic E-state index is 0.0391. The molecule has 0 aliphatic carbocycles. The maximum absolute atomic E-state index is 11.4. The molecule has 236 valence electrons. The van der Waals surface area contributed by atoms with E-state index in [1.54, 1.807) is 14.0 Å². The number of nitrogens with zero attached hydrogens (tertiary/aromatic N) is 1. The quantitative estimate of drug-likeness (QED) is 0.229. The van der Waals surface area contributed by atoms with Crippen LogP contribution >= 0.6 is 0 Å². The number of rotatable bonds is 15. The van der Waals surface area contributed by atoms with E-state index in [1.165, 1.54) is 16.8 Å². The minimum absolute atomic E-state index is 0.0391. The summed E-state index contributed by atoms with van der Waals surface area (Å²) in [6.45, 7) is 8.43. The number of anilines is 1. The van der Waals surface area contributed by atoms with Crippen molar-refractivity contribution in [1.82, 2.24) is 10.6 Å². The average Bonchev–Trinajstić information content (AvgIpc) is 3.54. The summed E-state index contributed by atoms with van der Waals surface area (Å²) in [5, 5.41) is 6.51. The smallest absolute Gasteiger partial charge is 0.216 e. The average molecular weight is 602 g/mol. The van der Waals surface area contributed by atoms with Gasteiger partial charge in [0.25, 0.3) is 0 Å². The van der Waals surface area contributed by atoms with Gasteiger partial charge in [0.2, 0.25) is 5.91 Å². The second-order valence-corrected chi connectivity index (χ2v) is 11.8. The Morgan fingerprint density at radius 3 is 2.57 bits per heavy atom. The molecule has 2 heterocycles. The molecule has 1 amide bonds. The third-order valence-electron chi connectivity index (χ3n) is 8.60. The lowest BCUT2D eigenvalue weighted by molar-refractivity contribution is -0.119. The molecule has 8 heteroatoms. The summed E-state index contributed by atoms with van der Waals surface area (Å²) >= 11 is 0. The van der Waals surface area contributed by atoms with Crippen LogP contribution in [0.25, 0.3) is 0 Å². The van der Waals surface area contributed by atoms with Crippen LogP contribution in [0.3, 0.4) is 0 Å². The van der Waals surface area contributed by atoms with Crippen molar-refractivity contribution in [2.75, 3.05) is 57.9 Å². The van der Waals surface area contributed by atoms with E-state index >= 15 is 0 Å². The van der Waals surface area contributed by atoms with Gasteiger partial charge in [0.15, 0.2) is 0 Å². The molecule has 0 unspecified atom stereocenters. The standard InChI is InChI=1S/C36H47N3O5/c1-27(40)38-22-28-17-19-39(24-28)34-10-5-3-8-30(34)26-44-36-23-37-18-16-33(36)29-12-14-32(15-13-29)43-21-7-20-42-25-31-9-4-6-11-35(31)41-2/h3-6,8-15,28,33,36-37H,7,16-26H2,1-2H3,(H,38,40)/t28-,33+,36-/m0/s1. The zero-order valence-corrected chi connectivity index (χ0v) is 26.1. The Morgan fingerprint density at radius 2 is 1.75 bits per heavy atom. The molecule has 0 aromatic heterocycles. The topological polar surface area (TPSA) is 81.3 Å². The first-order valence-electron chi connectivity index (χ1n) is 15.9. The summed E-state index contributed by atoms with van der Waals surface area (Å²) in [5.41, 5.74) is 4.80. The van der Waals surface area contributed by atoms with Gasteiger partial charge in [-0.15, -0.1) is 0 Å². The minimum Gasteiger partial charge on any atom is -0.496 e. The Hall–Kier alpha value is -3.59. The predicted octanol–water partition coefficient (Wildman–Crippen LogP) is 5.31. The summed E-state index contributed by atoms with van der Waals surface area (Å²) in [7, 11) is 1.68. The van der Waals surface area contributed by atoms with Crippen molar-refractivity contribution >= 4 is 11.6 Å². The van der Waals surface area contributed by atoms with Crippen molar-refractivity contribution in [3.8, 4) is 11.5 Å². The summed E-state index contributed by atoms with van der Waals surface area (Å²) < 4.78 is 23.8. The first-order valence-corrected chi connectivity index (χ1v) is 15.9. The van der Waals surface area contributed by atoms with Crippen LogP contribution in [0.2, 0.25) is 0 Å². The van der Waals surface area contributed by atoms with Gasteiger partial charge >= 0.3 is 0 Å². The van der Waals surface area contributed by atoms with E-state index in [4.69, 9.17) is 18.9 Å². The molecule has 3 aromatic rings. The molecule has 44 heavy (non-hydrogen) atoms. The van der Waals surface area contributed by atoms with Crippen LogP contribution in [0.15, 0.2) is 72.8 Å². The van der Waals surface area contributed by atoms with Gasteiger partial charge in [-0.25, -0.2) is 0 Å². The lowest BCUT2D eigenvalue weighted by Gasteiger charge is -2.33. The highest BCUT2D eigenvalue weighted by Gasteiger charge is 2.28. The van der Waals surface area contributed by atoms with Crippen molar-refractivity contribution < 1.29 is 23.7 Å². The highest BCUT2D eigenvalue weighted by molar-refractivity contribution is 5.72. The second-order valence-electron chi connectivity index (χ2n) is 11.8. The van der Waals surface area contributed by atoms with Crippen molar-refractivity contribution in [3.63, 3.8) is 0 Å². The van der Waals surface area contributed by atoms with E-state index in [0.29, 0.717) is 38.3 Å². The fourth-order valence-electron chi connectivity index (χ4n) is 6.20. The lowest BCUT2D eigenvalue weighted by atomic mass is 9.87. The van der Waals surface area contributed by atoms with Crippen LogP contribution < -0.4 is 25.0 Å². The SMILES string of the molecule is COc1ccccc1COCCCOc1ccc([C@H]2CCNC[C@@H]2OCc2ccccc2N2CC[C@@H](CNC(C)=O)C2)cc1. The molecule has 2 fully saturated rings. The van der Waals surface area contributed by atoms with E-state index in [-0.39, 0.29) is 12.0 Å². The van der Waals surface area contributed by atoms with Crippen LogP contribution in [-0.2, 0) is 27.5 Å². The molecule has 2 saturated heterocycles. The van der Waals surface area contributed by atoms with Crippen LogP contribution in [0.4, 0.5) is 5.69 Å². The van der Waals surface area contributed by atoms with Crippen LogP contribution in [0.5, 0.6) is 11.5 Å². The number of ether oxygens (including phenoxy) is 4. The van der Waals surface area contributed by atoms with Crippen molar-refractivity contribution in [2.45, 2.75) is 51.4 Å². The molecule has 0 radical (unpaired) electrons. The number of carbonyl (C=O) groups excluding carboxylic acids is 1. The highest BCUT2D eigenvalue weighted by atomic mass is 16.5. The Bertz CT molecular complexity index is 1320. The monoisotopic (exact) mass is 601 g/mol. The fraction of sp³-hybridized carbons (Fsp3) is 0.472. The first-order chi connectivity index (χ1) is 21.6. The van der Waals surface area contributed by atoms with Crippen molar-refractivity contribution in [1.29, 1.82) is 0 Å². The molecule has 2 aliphatic rings. The number of hydrogen-bond donors (Lipinski definition) is 2. The molecule has 0 spiro atoms. The predicted molar refractivity (Wildman–Crippen MR) is 173 cm³/mol. The van der Waals surface area contributed by atoms with E-state index < -0.39 is 0 Å². The fourth-order valence-corrected chi connectivity index (χ4v) is 6.20. The van der Waals surface area contributed by atoms with Gasteiger partial charge in [-0.3, -0.25) is 4.79 Å². The molecular weight excluding hydrogens is 554 g/mol. The third kappa shape index (κ3) is 8.97. The molecule has 3 atom stereocenters. The largest absolute Gasteiger partial charge is 0.496 e. The number of carbonyl (C=O) groups is 1. The van der Waals surface area contributed by atoms with Gasteiger partial charge in [0, 0.05) is 62.3 Å². The number of hydrogen-bond acceptors (Lipinski definition) is 7. The highest BCUT2D eigenvalue weighted by Crippen LogP contribution is 2.32. The van der Waals surface area contributed by atoms with Gasteiger partial charge in [-0.2, -0.15) is 0 Å². The number of nitrogens with one attached hydrogen (secondary N) is 2. The first kappa shape index (κ1) is 31.8. The Morgan fingerprint density at radius 1 is 0.955 bits per heavy atom. The molecule has 3 aromatic carbocycles. The maximum atomic E-state index is 11.4. The maximum Gasteiger partial charge on any atom is 0.216 e. The van der Waals surface area contributed by atoms with Crippen molar-refractivity contribution in [2.24, 2.45) is 5.92 Å². The van der Waals surface area contributed by atoms with E-state index in [9.17, 15) is 4.79 Å². The van der Waals surface area contributed by atoms with E-state index in [0.717, 1.165) is 69.0 Å². The van der Waals surface area contributed by atoms with Gasteiger partial charge in [0.05, 0.1) is 39.6 Å². The van der Waals surface area contributed by atoms with E-state index in [2.05, 4.69) is 64.1 Å². The second kappa shape index (κ2) is 16.5. The van der Waals surface area contributed by atoms with Crippen LogP contribution in [0, 0.1) is 5.92 Å². The van der Waals surface area contributed by atoms with Gasteiger partial charge in [-0.1, -0.05) is 48.5 Å². The van der Waals surface area contributed by atoms with Crippen LogP contribution in [-0.4, -0.2) is 65.1 Å². The Balaban J connectivity index is 1.08. The number of para-hydroxylation sites is 2. The normalized spacial score (nSPS) is 20.0. The molecule has 2 N–H and O–H groups in total. The Kier molecular flexibility index (Phi) is 11.9. The molecule has 2 aliphatic heterocycles. The van der Waals surface area contributed by atoms with Gasteiger partial charge < -0.3 is 34.5 Å². The summed E-state index contributed by atoms with van der Waals surface area (Å²) in [4.78, 5) is 13.8. The molecule has 0 bridgehead atoms. The Labute approximate surface area is 262 Å².